The summed E-state index contributed by atoms with van der Waals surface area (Å²) in [4.78, 5) is 15.4. The third kappa shape index (κ3) is 3.97. The van der Waals surface area contributed by atoms with Gasteiger partial charge < -0.3 is 20.9 Å². The van der Waals surface area contributed by atoms with E-state index < -0.39 is 12.0 Å². The van der Waals surface area contributed by atoms with Crippen molar-refractivity contribution in [2.45, 2.75) is 31.3 Å². The summed E-state index contributed by atoms with van der Waals surface area (Å²) in [5, 5.41) is 17.1. The average molecular weight is 381 g/mol. The number of aliphatic carboxylic acids is 1. The van der Waals surface area contributed by atoms with E-state index in [2.05, 4.69) is 10.3 Å². The fraction of sp³-hybridized carbons (Fsp3) is 0.350. The third-order valence-electron chi connectivity index (χ3n) is 4.96. The molecule has 1 atom stereocenters. The number of hydrogen-bond acceptors (Lipinski definition) is 6. The Morgan fingerprint density at radius 3 is 2.71 bits per heavy atom. The molecule has 4 rings (SSSR count). The number of anilines is 1. The Balaban J connectivity index is 1.56. The molecule has 0 aliphatic carbocycles. The van der Waals surface area contributed by atoms with E-state index in [0.29, 0.717) is 12.5 Å². The van der Waals surface area contributed by atoms with Crippen molar-refractivity contribution >= 4 is 17.4 Å². The van der Waals surface area contributed by atoms with Crippen LogP contribution in [0.4, 0.5) is 5.82 Å². The molecule has 0 amide bonds. The summed E-state index contributed by atoms with van der Waals surface area (Å²) in [6, 6.07) is 11.0. The van der Waals surface area contributed by atoms with E-state index in [0.717, 1.165) is 54.3 Å². The monoisotopic (exact) mass is 381 g/mol. The molecule has 8 nitrogen and oxygen atoms in total. The first kappa shape index (κ1) is 18.4. The summed E-state index contributed by atoms with van der Waals surface area (Å²) in [6.07, 6.45) is 4.02. The summed E-state index contributed by atoms with van der Waals surface area (Å²) in [5.41, 5.74) is 9.08. The number of carboxylic acid groups (broad SMARTS) is 1. The Labute approximate surface area is 162 Å². The van der Waals surface area contributed by atoms with E-state index in [1.54, 1.807) is 6.20 Å². The van der Waals surface area contributed by atoms with Gasteiger partial charge in [0.1, 0.15) is 11.9 Å². The summed E-state index contributed by atoms with van der Waals surface area (Å²) in [7, 11) is 0. The molecule has 0 spiro atoms. The van der Waals surface area contributed by atoms with E-state index in [4.69, 9.17) is 20.7 Å². The van der Waals surface area contributed by atoms with Crippen molar-refractivity contribution < 1.29 is 14.6 Å². The number of hydrogen-bond donors (Lipinski definition) is 3. The van der Waals surface area contributed by atoms with Crippen molar-refractivity contribution in [1.82, 2.24) is 14.6 Å². The molecule has 1 aromatic carbocycles. The number of carbonyl (C=O) groups is 1. The van der Waals surface area contributed by atoms with Gasteiger partial charge in [-0.15, -0.1) is 5.10 Å². The molecule has 1 unspecified atom stereocenters. The Morgan fingerprint density at radius 2 is 2.00 bits per heavy atom. The first-order valence-electron chi connectivity index (χ1n) is 9.37. The molecular weight excluding hydrogens is 358 g/mol. The molecule has 1 saturated heterocycles. The van der Waals surface area contributed by atoms with Crippen LogP contribution in [0.15, 0.2) is 42.6 Å². The van der Waals surface area contributed by atoms with Gasteiger partial charge in [-0.25, -0.2) is 9.50 Å². The minimum Gasteiger partial charge on any atom is -0.480 e. The lowest BCUT2D eigenvalue weighted by Crippen LogP contribution is -2.32. The minimum atomic E-state index is -1.00. The van der Waals surface area contributed by atoms with Crippen LogP contribution in [0.2, 0.25) is 0 Å². The Bertz CT molecular complexity index is 964. The maximum Gasteiger partial charge on any atom is 0.320 e. The zero-order chi connectivity index (χ0) is 19.5. The van der Waals surface area contributed by atoms with Crippen LogP contribution in [0.25, 0.3) is 16.9 Å². The normalized spacial score (nSPS) is 16.2. The van der Waals surface area contributed by atoms with Gasteiger partial charge in [0.05, 0.1) is 11.9 Å². The van der Waals surface area contributed by atoms with Crippen molar-refractivity contribution in [2.75, 3.05) is 18.5 Å². The topological polar surface area (TPSA) is 115 Å². The maximum atomic E-state index is 10.9. The fourth-order valence-corrected chi connectivity index (χ4v) is 3.35. The summed E-state index contributed by atoms with van der Waals surface area (Å²) in [5.74, 6) is -0.192. The molecule has 28 heavy (non-hydrogen) atoms. The predicted molar refractivity (Wildman–Crippen MR) is 105 cm³/mol. The standard InChI is InChI=1S/C20H23N5O3/c21-16(20(26)27)11-13-1-3-14(4-2-13)17-12-22-19-6-5-18(24-25(17)19)23-15-7-9-28-10-8-15/h1-6,12,15-16H,7-11,21H2,(H,23,24)(H,26,27). The number of fused-ring (bicyclic) bond motifs is 1. The average Bonchev–Trinajstić information content (AvgIpc) is 3.12. The number of imidazole rings is 1. The zero-order valence-corrected chi connectivity index (χ0v) is 15.4. The lowest BCUT2D eigenvalue weighted by Gasteiger charge is -2.23. The van der Waals surface area contributed by atoms with Crippen LogP contribution in [-0.2, 0) is 16.0 Å². The smallest absolute Gasteiger partial charge is 0.320 e. The molecule has 1 aliphatic rings. The highest BCUT2D eigenvalue weighted by Crippen LogP contribution is 2.22. The Morgan fingerprint density at radius 1 is 1.25 bits per heavy atom. The number of nitrogens with two attached hydrogens (primary N) is 1. The predicted octanol–water partition coefficient (Wildman–Crippen LogP) is 1.94. The van der Waals surface area contributed by atoms with Crippen LogP contribution in [0.1, 0.15) is 18.4 Å². The second-order valence-corrected chi connectivity index (χ2v) is 7.01. The van der Waals surface area contributed by atoms with E-state index >= 15 is 0 Å². The Kier molecular flexibility index (Phi) is 5.23. The van der Waals surface area contributed by atoms with E-state index in [1.807, 2.05) is 40.9 Å². The van der Waals surface area contributed by atoms with Gasteiger partial charge in [-0.2, -0.15) is 0 Å². The van der Waals surface area contributed by atoms with Crippen molar-refractivity contribution in [3.05, 3.63) is 48.2 Å². The fourth-order valence-electron chi connectivity index (χ4n) is 3.35. The van der Waals surface area contributed by atoms with Crippen LogP contribution in [0.5, 0.6) is 0 Å². The number of nitrogens with zero attached hydrogens (tertiary/aromatic N) is 3. The first-order valence-corrected chi connectivity index (χ1v) is 9.37. The van der Waals surface area contributed by atoms with Crippen LogP contribution < -0.4 is 11.1 Å². The molecule has 2 aromatic heterocycles. The molecule has 0 saturated carbocycles. The van der Waals surface area contributed by atoms with Gasteiger partial charge >= 0.3 is 5.97 Å². The van der Waals surface area contributed by atoms with E-state index in [1.165, 1.54) is 0 Å². The number of carboxylic acids is 1. The third-order valence-corrected chi connectivity index (χ3v) is 4.96. The van der Waals surface area contributed by atoms with Gasteiger partial charge in [0, 0.05) is 24.8 Å². The second-order valence-electron chi connectivity index (χ2n) is 7.01. The number of benzene rings is 1. The second kappa shape index (κ2) is 7.95. The Hall–Kier alpha value is -2.97. The molecule has 4 N–H and O–H groups in total. The van der Waals surface area contributed by atoms with Crippen LogP contribution >= 0.6 is 0 Å². The van der Waals surface area contributed by atoms with E-state index in [-0.39, 0.29) is 0 Å². The zero-order valence-electron chi connectivity index (χ0n) is 15.4. The van der Waals surface area contributed by atoms with Crippen LogP contribution in [0, 0.1) is 0 Å². The van der Waals surface area contributed by atoms with Gasteiger partial charge in [-0.05, 0) is 37.0 Å². The molecule has 1 fully saturated rings. The molecule has 1 aliphatic heterocycles. The number of ether oxygens (including phenoxy) is 1. The largest absolute Gasteiger partial charge is 0.480 e. The van der Waals surface area contributed by atoms with Crippen molar-refractivity contribution in [2.24, 2.45) is 5.73 Å². The highest BCUT2D eigenvalue weighted by molar-refractivity contribution is 5.73. The van der Waals surface area contributed by atoms with E-state index in [9.17, 15) is 4.79 Å². The van der Waals surface area contributed by atoms with Gasteiger partial charge in [0.2, 0.25) is 0 Å². The molecule has 8 heteroatoms. The highest BCUT2D eigenvalue weighted by atomic mass is 16.5. The highest BCUT2D eigenvalue weighted by Gasteiger charge is 2.15. The molecule has 3 heterocycles. The van der Waals surface area contributed by atoms with Gasteiger partial charge in [-0.3, -0.25) is 4.79 Å². The number of rotatable bonds is 6. The van der Waals surface area contributed by atoms with Crippen molar-refractivity contribution in [3.63, 3.8) is 0 Å². The summed E-state index contributed by atoms with van der Waals surface area (Å²) in [6.45, 7) is 1.54. The molecule has 146 valence electrons. The maximum absolute atomic E-state index is 10.9. The number of aromatic nitrogens is 3. The number of nitrogens with one attached hydrogen (secondary N) is 1. The lowest BCUT2D eigenvalue weighted by atomic mass is 10.0. The van der Waals surface area contributed by atoms with Crippen LogP contribution in [0.3, 0.4) is 0 Å². The van der Waals surface area contributed by atoms with Crippen molar-refractivity contribution in [3.8, 4) is 11.3 Å². The summed E-state index contributed by atoms with van der Waals surface area (Å²) < 4.78 is 7.22. The van der Waals surface area contributed by atoms with Gasteiger partial charge in [0.25, 0.3) is 0 Å². The molecular formula is C20H23N5O3. The molecule has 0 radical (unpaired) electrons. The van der Waals surface area contributed by atoms with Crippen molar-refractivity contribution in [1.29, 1.82) is 0 Å². The first-order chi connectivity index (χ1) is 13.6. The summed E-state index contributed by atoms with van der Waals surface area (Å²) >= 11 is 0. The quantitative estimate of drug-likeness (QED) is 0.598. The minimum absolute atomic E-state index is 0.292. The lowest BCUT2D eigenvalue weighted by molar-refractivity contribution is -0.138. The van der Waals surface area contributed by atoms with Crippen LogP contribution in [-0.4, -0.2) is 51.0 Å². The molecule has 3 aromatic rings. The molecule has 0 bridgehead atoms. The van der Waals surface area contributed by atoms with Gasteiger partial charge in [0.15, 0.2) is 5.65 Å². The SMILES string of the molecule is NC(Cc1ccc(-c2cnc3ccc(NC4CCOCC4)nn23)cc1)C(=O)O. The van der Waals surface area contributed by atoms with Gasteiger partial charge in [-0.1, -0.05) is 24.3 Å².